The molecule has 2 aromatic carbocycles. The molecule has 2 heterocycles. The third kappa shape index (κ3) is 2.44. The second-order valence-corrected chi connectivity index (χ2v) is 7.14. The molecule has 0 bridgehead atoms. The van der Waals surface area contributed by atoms with Crippen LogP contribution in [0, 0.1) is 0 Å². The first-order chi connectivity index (χ1) is 11.6. The molecule has 1 saturated heterocycles. The number of fused-ring (bicyclic) bond motifs is 2. The Hall–Kier alpha value is -2.14. The fourth-order valence-corrected chi connectivity index (χ4v) is 3.83. The van der Waals surface area contributed by atoms with Crippen LogP contribution in [0.4, 0.5) is 0 Å². The number of ether oxygens (including phenoxy) is 1. The van der Waals surface area contributed by atoms with Gasteiger partial charge in [-0.3, -0.25) is 4.79 Å². The van der Waals surface area contributed by atoms with E-state index in [4.69, 9.17) is 4.74 Å². The zero-order valence-electron chi connectivity index (χ0n) is 13.0. The van der Waals surface area contributed by atoms with Gasteiger partial charge in [-0.25, -0.2) is 4.79 Å². The number of likely N-dealkylation sites (tertiary alicyclic amines) is 1. The Labute approximate surface area is 148 Å². The molecule has 0 radical (unpaired) electrons. The van der Waals surface area contributed by atoms with Crippen LogP contribution in [0.15, 0.2) is 53.0 Å². The SMILES string of the molecule is O=C1OC2(CCN(C(=O)c3ccc(Br)cc3)CC2)c2ccccc21. The van der Waals surface area contributed by atoms with Gasteiger partial charge in [0.05, 0.1) is 5.56 Å². The number of esters is 1. The number of carbonyl (C=O) groups is 2. The average Bonchev–Trinajstić information content (AvgIpc) is 2.88. The van der Waals surface area contributed by atoms with Crippen LogP contribution in [0.1, 0.15) is 39.1 Å². The quantitative estimate of drug-likeness (QED) is 0.702. The molecular formula is C19H16BrNO3. The number of amides is 1. The second kappa shape index (κ2) is 5.74. The number of hydrogen-bond acceptors (Lipinski definition) is 3. The van der Waals surface area contributed by atoms with Crippen molar-refractivity contribution in [3.63, 3.8) is 0 Å². The van der Waals surface area contributed by atoms with E-state index >= 15 is 0 Å². The molecule has 1 spiro atoms. The van der Waals surface area contributed by atoms with Crippen molar-refractivity contribution in [2.45, 2.75) is 18.4 Å². The molecule has 1 fully saturated rings. The van der Waals surface area contributed by atoms with Gasteiger partial charge in [0, 0.05) is 41.5 Å². The molecule has 5 heteroatoms. The van der Waals surface area contributed by atoms with Gasteiger partial charge < -0.3 is 9.64 Å². The van der Waals surface area contributed by atoms with Gasteiger partial charge in [0.1, 0.15) is 5.60 Å². The Balaban J connectivity index is 1.53. The molecule has 0 N–H and O–H groups in total. The van der Waals surface area contributed by atoms with E-state index in [-0.39, 0.29) is 11.9 Å². The molecule has 2 aliphatic heterocycles. The molecule has 2 aliphatic rings. The van der Waals surface area contributed by atoms with Gasteiger partial charge in [0.2, 0.25) is 0 Å². The monoisotopic (exact) mass is 385 g/mol. The number of piperidine rings is 1. The summed E-state index contributed by atoms with van der Waals surface area (Å²) >= 11 is 3.38. The van der Waals surface area contributed by atoms with Crippen LogP contribution in [0.5, 0.6) is 0 Å². The highest BCUT2D eigenvalue weighted by Gasteiger charge is 2.47. The molecule has 0 unspecified atom stereocenters. The number of rotatable bonds is 1. The molecule has 24 heavy (non-hydrogen) atoms. The normalized spacial score (nSPS) is 18.4. The van der Waals surface area contributed by atoms with Crippen LogP contribution in [-0.4, -0.2) is 29.9 Å². The predicted octanol–water partition coefficient (Wildman–Crippen LogP) is 3.75. The fourth-order valence-electron chi connectivity index (χ4n) is 3.56. The first kappa shape index (κ1) is 15.4. The van der Waals surface area contributed by atoms with Crippen molar-refractivity contribution in [3.8, 4) is 0 Å². The highest BCUT2D eigenvalue weighted by molar-refractivity contribution is 9.10. The Morgan fingerprint density at radius 3 is 2.42 bits per heavy atom. The Kier molecular flexibility index (Phi) is 3.68. The topological polar surface area (TPSA) is 46.6 Å². The van der Waals surface area contributed by atoms with Crippen molar-refractivity contribution < 1.29 is 14.3 Å². The molecule has 0 saturated carbocycles. The highest BCUT2D eigenvalue weighted by Crippen LogP contribution is 2.44. The molecule has 0 aliphatic carbocycles. The predicted molar refractivity (Wildman–Crippen MR) is 92.8 cm³/mol. The van der Waals surface area contributed by atoms with Crippen molar-refractivity contribution >= 4 is 27.8 Å². The van der Waals surface area contributed by atoms with Crippen LogP contribution >= 0.6 is 15.9 Å². The van der Waals surface area contributed by atoms with Crippen molar-refractivity contribution in [1.82, 2.24) is 4.90 Å². The average molecular weight is 386 g/mol. The van der Waals surface area contributed by atoms with Gasteiger partial charge in [-0.1, -0.05) is 34.1 Å². The molecular weight excluding hydrogens is 370 g/mol. The Morgan fingerprint density at radius 1 is 1.04 bits per heavy atom. The largest absolute Gasteiger partial charge is 0.450 e. The maximum Gasteiger partial charge on any atom is 0.339 e. The lowest BCUT2D eigenvalue weighted by Gasteiger charge is -2.38. The zero-order chi connectivity index (χ0) is 16.7. The minimum atomic E-state index is -0.565. The summed E-state index contributed by atoms with van der Waals surface area (Å²) < 4.78 is 6.68. The van der Waals surface area contributed by atoms with Gasteiger partial charge in [-0.15, -0.1) is 0 Å². The third-order valence-corrected chi connectivity index (χ3v) is 5.40. The molecule has 1 amide bonds. The van der Waals surface area contributed by atoms with Crippen LogP contribution in [0.3, 0.4) is 0 Å². The number of hydrogen-bond donors (Lipinski definition) is 0. The van der Waals surface area contributed by atoms with Gasteiger partial charge in [0.25, 0.3) is 5.91 Å². The fraction of sp³-hybridized carbons (Fsp3) is 0.263. The molecule has 4 nitrogen and oxygen atoms in total. The van der Waals surface area contributed by atoms with Crippen molar-refractivity contribution in [1.29, 1.82) is 0 Å². The summed E-state index contributed by atoms with van der Waals surface area (Å²) in [4.78, 5) is 26.6. The number of halogens is 1. The summed E-state index contributed by atoms with van der Waals surface area (Å²) in [5.74, 6) is -0.228. The van der Waals surface area contributed by atoms with E-state index < -0.39 is 5.60 Å². The van der Waals surface area contributed by atoms with Crippen LogP contribution in [0.2, 0.25) is 0 Å². The number of nitrogens with zero attached hydrogens (tertiary/aromatic N) is 1. The number of benzene rings is 2. The Morgan fingerprint density at radius 2 is 1.71 bits per heavy atom. The van der Waals surface area contributed by atoms with Gasteiger partial charge in [-0.2, -0.15) is 0 Å². The first-order valence-corrected chi connectivity index (χ1v) is 8.76. The lowest BCUT2D eigenvalue weighted by molar-refractivity contribution is -0.0389. The number of carbonyl (C=O) groups excluding carboxylic acids is 2. The van der Waals surface area contributed by atoms with Gasteiger partial charge in [0.15, 0.2) is 0 Å². The van der Waals surface area contributed by atoms with Crippen LogP contribution in [0.25, 0.3) is 0 Å². The molecule has 0 atom stereocenters. The molecule has 2 aromatic rings. The van der Waals surface area contributed by atoms with Gasteiger partial charge >= 0.3 is 5.97 Å². The Bertz CT molecular complexity index is 808. The van der Waals surface area contributed by atoms with E-state index in [0.29, 0.717) is 37.1 Å². The smallest absolute Gasteiger partial charge is 0.339 e. The molecule has 4 rings (SSSR count). The summed E-state index contributed by atoms with van der Waals surface area (Å²) in [5, 5.41) is 0. The van der Waals surface area contributed by atoms with Crippen molar-refractivity contribution in [2.75, 3.05) is 13.1 Å². The zero-order valence-corrected chi connectivity index (χ0v) is 14.6. The molecule has 0 aromatic heterocycles. The maximum atomic E-state index is 12.6. The second-order valence-electron chi connectivity index (χ2n) is 6.23. The van der Waals surface area contributed by atoms with E-state index in [0.717, 1.165) is 10.0 Å². The van der Waals surface area contributed by atoms with Crippen molar-refractivity contribution in [2.24, 2.45) is 0 Å². The highest BCUT2D eigenvalue weighted by atomic mass is 79.9. The van der Waals surface area contributed by atoms with E-state index in [9.17, 15) is 9.59 Å². The third-order valence-electron chi connectivity index (χ3n) is 4.88. The van der Waals surface area contributed by atoms with Crippen LogP contribution in [-0.2, 0) is 10.3 Å². The maximum absolute atomic E-state index is 12.6. The summed E-state index contributed by atoms with van der Waals surface area (Å²) in [6.45, 7) is 1.16. The lowest BCUT2D eigenvalue weighted by Crippen LogP contribution is -2.45. The summed E-state index contributed by atoms with van der Waals surface area (Å²) in [5.41, 5.74) is 1.73. The van der Waals surface area contributed by atoms with E-state index in [1.165, 1.54) is 0 Å². The van der Waals surface area contributed by atoms with Crippen LogP contribution < -0.4 is 0 Å². The van der Waals surface area contributed by atoms with E-state index in [2.05, 4.69) is 15.9 Å². The van der Waals surface area contributed by atoms with E-state index in [1.54, 1.807) is 0 Å². The minimum Gasteiger partial charge on any atom is -0.450 e. The van der Waals surface area contributed by atoms with Gasteiger partial charge in [-0.05, 0) is 30.3 Å². The first-order valence-electron chi connectivity index (χ1n) is 7.97. The summed E-state index contributed by atoms with van der Waals surface area (Å²) in [7, 11) is 0. The van der Waals surface area contributed by atoms with E-state index in [1.807, 2.05) is 53.4 Å². The standard InChI is InChI=1S/C19H16BrNO3/c20-14-7-5-13(6-8-14)17(22)21-11-9-19(10-12-21)16-4-2-1-3-15(16)18(23)24-19/h1-8H,9-12H2. The minimum absolute atomic E-state index is 0.0231. The summed E-state index contributed by atoms with van der Waals surface area (Å²) in [6.07, 6.45) is 1.27. The summed E-state index contributed by atoms with van der Waals surface area (Å²) in [6, 6.07) is 14.9. The molecule has 122 valence electrons. The van der Waals surface area contributed by atoms with Crippen molar-refractivity contribution in [3.05, 3.63) is 69.7 Å². The lowest BCUT2D eigenvalue weighted by atomic mass is 9.83.